The number of anilines is 3. The van der Waals surface area contributed by atoms with Crippen LogP contribution in [0.15, 0.2) is 197 Å². The highest BCUT2D eigenvalue weighted by Gasteiger charge is 2.18. The van der Waals surface area contributed by atoms with Crippen molar-refractivity contribution in [2.24, 2.45) is 0 Å². The number of hydrogen-bond acceptors (Lipinski definition) is 3. The van der Waals surface area contributed by atoms with E-state index in [1.807, 2.05) is 12.1 Å². The second-order valence-corrected chi connectivity index (χ2v) is 13.0. The van der Waals surface area contributed by atoms with Gasteiger partial charge >= 0.3 is 0 Å². The minimum atomic E-state index is 0.834. The zero-order chi connectivity index (χ0) is 33.7. The van der Waals surface area contributed by atoms with Gasteiger partial charge in [0.2, 0.25) is 0 Å². The molecular formula is C48H31NO2. The summed E-state index contributed by atoms with van der Waals surface area (Å²) in [7, 11) is 0. The highest BCUT2D eigenvalue weighted by molar-refractivity contribution is 6.15. The molecule has 0 radical (unpaired) electrons. The summed E-state index contributed by atoms with van der Waals surface area (Å²) in [6, 6.07) is 66.1. The number of benzene rings is 8. The Labute approximate surface area is 295 Å². The minimum absolute atomic E-state index is 0.834. The van der Waals surface area contributed by atoms with Gasteiger partial charge in [-0.2, -0.15) is 0 Å². The summed E-state index contributed by atoms with van der Waals surface area (Å²) in [6.07, 6.45) is 0. The maximum Gasteiger partial charge on any atom is 0.137 e. The fourth-order valence-electron chi connectivity index (χ4n) is 7.30. The fourth-order valence-corrected chi connectivity index (χ4v) is 7.30. The van der Waals surface area contributed by atoms with Gasteiger partial charge in [0.05, 0.1) is 0 Å². The average molecular weight is 654 g/mol. The molecule has 2 heterocycles. The average Bonchev–Trinajstić information content (AvgIpc) is 3.75. The van der Waals surface area contributed by atoms with E-state index in [0.717, 1.165) is 66.5 Å². The van der Waals surface area contributed by atoms with Gasteiger partial charge in [-0.3, -0.25) is 0 Å². The Morgan fingerprint density at radius 2 is 0.667 bits per heavy atom. The molecule has 0 amide bonds. The molecule has 51 heavy (non-hydrogen) atoms. The number of furan rings is 2. The molecule has 0 aliphatic carbocycles. The van der Waals surface area contributed by atoms with Crippen LogP contribution in [0, 0.1) is 0 Å². The molecule has 240 valence electrons. The van der Waals surface area contributed by atoms with Gasteiger partial charge in [0.1, 0.15) is 22.3 Å². The van der Waals surface area contributed by atoms with E-state index in [9.17, 15) is 0 Å². The van der Waals surface area contributed by atoms with Crippen LogP contribution in [0.25, 0.3) is 77.3 Å². The predicted octanol–water partition coefficient (Wildman–Crippen LogP) is 14.0. The Bertz CT molecular complexity index is 2820. The molecule has 3 heteroatoms. The largest absolute Gasteiger partial charge is 0.456 e. The normalized spacial score (nSPS) is 11.5. The monoisotopic (exact) mass is 653 g/mol. The summed E-state index contributed by atoms with van der Waals surface area (Å²) in [5, 5.41) is 4.24. The van der Waals surface area contributed by atoms with Crippen LogP contribution in [0.2, 0.25) is 0 Å². The van der Waals surface area contributed by atoms with Crippen LogP contribution in [0.4, 0.5) is 17.1 Å². The van der Waals surface area contributed by atoms with Crippen molar-refractivity contribution in [1.82, 2.24) is 0 Å². The summed E-state index contributed by atoms with van der Waals surface area (Å²) < 4.78 is 13.0. The van der Waals surface area contributed by atoms with E-state index in [-0.39, 0.29) is 0 Å². The molecule has 8 aromatic carbocycles. The number of nitrogens with zero attached hydrogens (tertiary/aromatic N) is 1. The van der Waals surface area contributed by atoms with Gasteiger partial charge in [-0.05, 0) is 94.0 Å². The Hall–Kier alpha value is -6.84. The topological polar surface area (TPSA) is 29.5 Å². The lowest BCUT2D eigenvalue weighted by Gasteiger charge is -2.25. The molecule has 0 saturated heterocycles. The summed E-state index contributed by atoms with van der Waals surface area (Å²) in [5.74, 6) is 0. The molecule has 0 saturated carbocycles. The van der Waals surface area contributed by atoms with Gasteiger partial charge in [-0.25, -0.2) is 0 Å². The number of para-hydroxylation sites is 1. The third kappa shape index (κ3) is 5.15. The van der Waals surface area contributed by atoms with Crippen molar-refractivity contribution in [1.29, 1.82) is 0 Å². The molecule has 0 aliphatic heterocycles. The predicted molar refractivity (Wildman–Crippen MR) is 212 cm³/mol. The van der Waals surface area contributed by atoms with Crippen molar-refractivity contribution >= 4 is 60.9 Å². The van der Waals surface area contributed by atoms with Crippen LogP contribution in [-0.2, 0) is 0 Å². The maximum atomic E-state index is 6.61. The van der Waals surface area contributed by atoms with Gasteiger partial charge in [0, 0.05) is 44.7 Å². The molecule has 0 bridgehead atoms. The number of hydrogen-bond donors (Lipinski definition) is 0. The smallest absolute Gasteiger partial charge is 0.137 e. The van der Waals surface area contributed by atoms with Crippen molar-refractivity contribution in [3.05, 3.63) is 188 Å². The SMILES string of the molecule is c1ccc(-c2ccc(-c3ccc(N(c4ccccc4)c4ccc5c(c4)oc4cc6c(cc45)oc4ccc(-c5ccccc5)cc46)cc3)cc2)cc1. The Morgan fingerprint density at radius 3 is 1.29 bits per heavy atom. The lowest BCUT2D eigenvalue weighted by Crippen LogP contribution is -2.09. The molecular weight excluding hydrogens is 623 g/mol. The van der Waals surface area contributed by atoms with Crippen molar-refractivity contribution in [2.75, 3.05) is 4.90 Å². The number of rotatable bonds is 6. The van der Waals surface area contributed by atoms with Crippen molar-refractivity contribution < 1.29 is 8.83 Å². The first-order valence-electron chi connectivity index (χ1n) is 17.2. The van der Waals surface area contributed by atoms with E-state index in [1.165, 1.54) is 27.8 Å². The van der Waals surface area contributed by atoms with Crippen LogP contribution in [0.5, 0.6) is 0 Å². The molecule has 0 N–H and O–H groups in total. The van der Waals surface area contributed by atoms with Crippen LogP contribution in [0.3, 0.4) is 0 Å². The lowest BCUT2D eigenvalue weighted by molar-refractivity contribution is 0.664. The van der Waals surface area contributed by atoms with Crippen molar-refractivity contribution in [3.8, 4) is 33.4 Å². The molecule has 3 nitrogen and oxygen atoms in total. The van der Waals surface area contributed by atoms with Gasteiger partial charge in [-0.15, -0.1) is 0 Å². The summed E-state index contributed by atoms with van der Waals surface area (Å²) in [6.45, 7) is 0. The van der Waals surface area contributed by atoms with Gasteiger partial charge in [0.25, 0.3) is 0 Å². The van der Waals surface area contributed by atoms with Gasteiger partial charge in [-0.1, -0.05) is 121 Å². The van der Waals surface area contributed by atoms with Crippen LogP contribution in [0.1, 0.15) is 0 Å². The van der Waals surface area contributed by atoms with E-state index in [0.29, 0.717) is 0 Å². The van der Waals surface area contributed by atoms with E-state index in [2.05, 4.69) is 181 Å². The third-order valence-corrected chi connectivity index (χ3v) is 9.88. The Morgan fingerprint density at radius 1 is 0.255 bits per heavy atom. The fraction of sp³-hybridized carbons (Fsp3) is 0. The first kappa shape index (κ1) is 29.1. The van der Waals surface area contributed by atoms with Crippen LogP contribution in [-0.4, -0.2) is 0 Å². The third-order valence-electron chi connectivity index (χ3n) is 9.88. The summed E-state index contributed by atoms with van der Waals surface area (Å²) in [4.78, 5) is 2.28. The summed E-state index contributed by atoms with van der Waals surface area (Å²) in [5.41, 5.74) is 13.7. The summed E-state index contributed by atoms with van der Waals surface area (Å²) >= 11 is 0. The van der Waals surface area contributed by atoms with Crippen molar-refractivity contribution in [2.45, 2.75) is 0 Å². The van der Waals surface area contributed by atoms with Crippen molar-refractivity contribution in [3.63, 3.8) is 0 Å². The Balaban J connectivity index is 1.02. The molecule has 10 rings (SSSR count). The van der Waals surface area contributed by atoms with E-state index in [4.69, 9.17) is 8.83 Å². The van der Waals surface area contributed by atoms with Crippen LogP contribution < -0.4 is 4.90 Å². The molecule has 0 spiro atoms. The van der Waals surface area contributed by atoms with E-state index in [1.54, 1.807) is 0 Å². The Kier molecular flexibility index (Phi) is 6.81. The second-order valence-electron chi connectivity index (χ2n) is 13.0. The molecule has 10 aromatic rings. The molecule has 0 unspecified atom stereocenters. The van der Waals surface area contributed by atoms with E-state index < -0.39 is 0 Å². The quantitative estimate of drug-likeness (QED) is 0.179. The second kappa shape index (κ2) is 11.9. The zero-order valence-corrected chi connectivity index (χ0v) is 27.7. The molecule has 0 atom stereocenters. The highest BCUT2D eigenvalue weighted by Crippen LogP contribution is 2.41. The standard InChI is InChI=1S/C48H31NO2/c1-4-10-32(11-5-1)34-16-18-35(19-17-34)36-20-23-39(24-21-36)49(38-14-8-3-9-15-38)40-25-26-41-43-30-48-44(31-47(43)51-46(41)29-40)42-28-37(22-27-45(42)50-48)33-12-6-2-7-13-33/h1-31H. The maximum absolute atomic E-state index is 6.61. The molecule has 0 fully saturated rings. The van der Waals surface area contributed by atoms with Gasteiger partial charge in [0.15, 0.2) is 0 Å². The van der Waals surface area contributed by atoms with Gasteiger partial charge < -0.3 is 13.7 Å². The lowest BCUT2D eigenvalue weighted by atomic mass is 10.00. The molecule has 0 aliphatic rings. The minimum Gasteiger partial charge on any atom is -0.456 e. The number of fused-ring (bicyclic) bond motifs is 6. The highest BCUT2D eigenvalue weighted by atomic mass is 16.3. The zero-order valence-electron chi connectivity index (χ0n) is 27.7. The molecule has 2 aromatic heterocycles. The first-order chi connectivity index (χ1) is 25.2. The van der Waals surface area contributed by atoms with Crippen LogP contribution >= 0.6 is 0 Å². The first-order valence-corrected chi connectivity index (χ1v) is 17.2. The van der Waals surface area contributed by atoms with E-state index >= 15 is 0 Å².